The second kappa shape index (κ2) is 11.3. The molecule has 1 amide bonds. The number of amides is 1. The van der Waals surface area contributed by atoms with Gasteiger partial charge in [0.05, 0.1) is 35.4 Å². The Bertz CT molecular complexity index is 1370. The molecular formula is C29H26ClNO6. The number of halogens is 1. The van der Waals surface area contributed by atoms with Gasteiger partial charge in [-0.1, -0.05) is 54.9 Å². The third-order valence-electron chi connectivity index (χ3n) is 5.86. The molecule has 0 bridgehead atoms. The van der Waals surface area contributed by atoms with Gasteiger partial charge in [0.15, 0.2) is 0 Å². The van der Waals surface area contributed by atoms with Crippen LogP contribution in [0.15, 0.2) is 78.4 Å². The van der Waals surface area contributed by atoms with Crippen molar-refractivity contribution >= 4 is 40.7 Å². The summed E-state index contributed by atoms with van der Waals surface area (Å²) in [4.78, 5) is 40.6. The van der Waals surface area contributed by atoms with Gasteiger partial charge in [0, 0.05) is 11.3 Å². The number of ketones is 1. The molecule has 1 aliphatic rings. The molecule has 1 N–H and O–H groups in total. The Labute approximate surface area is 219 Å². The molecule has 0 aliphatic carbocycles. The fourth-order valence-electron chi connectivity index (χ4n) is 4.20. The molecule has 1 heterocycles. The zero-order chi connectivity index (χ0) is 26.5. The van der Waals surface area contributed by atoms with Gasteiger partial charge >= 0.3 is 5.97 Å². The van der Waals surface area contributed by atoms with Crippen molar-refractivity contribution in [3.05, 3.63) is 100 Å². The second-order valence-electron chi connectivity index (χ2n) is 8.34. The fraction of sp³-hybridized carbons (Fsp3) is 0.207. The van der Waals surface area contributed by atoms with Gasteiger partial charge in [0.25, 0.3) is 11.7 Å². The van der Waals surface area contributed by atoms with Crippen molar-refractivity contribution in [3.8, 4) is 5.75 Å². The predicted octanol–water partition coefficient (Wildman–Crippen LogP) is 5.93. The number of carbonyl (C=O) groups is 3. The first kappa shape index (κ1) is 26.0. The van der Waals surface area contributed by atoms with Gasteiger partial charge in [0.1, 0.15) is 11.5 Å². The number of anilines is 1. The van der Waals surface area contributed by atoms with E-state index in [2.05, 4.69) is 0 Å². The van der Waals surface area contributed by atoms with E-state index in [9.17, 15) is 19.5 Å². The van der Waals surface area contributed by atoms with E-state index in [4.69, 9.17) is 21.1 Å². The third-order valence-corrected chi connectivity index (χ3v) is 6.19. The summed E-state index contributed by atoms with van der Waals surface area (Å²) in [7, 11) is 0. The molecule has 1 fully saturated rings. The Morgan fingerprint density at radius 2 is 1.76 bits per heavy atom. The van der Waals surface area contributed by atoms with Gasteiger partial charge in [-0.25, -0.2) is 4.79 Å². The molecule has 1 unspecified atom stereocenters. The summed E-state index contributed by atoms with van der Waals surface area (Å²) in [5, 5.41) is 11.6. The maximum Gasteiger partial charge on any atom is 0.338 e. The minimum absolute atomic E-state index is 0.120. The van der Waals surface area contributed by atoms with E-state index in [-0.39, 0.29) is 28.3 Å². The quantitative estimate of drug-likeness (QED) is 0.171. The number of esters is 1. The van der Waals surface area contributed by atoms with Crippen LogP contribution in [0.2, 0.25) is 5.02 Å². The van der Waals surface area contributed by atoms with Crippen molar-refractivity contribution in [1.82, 2.24) is 0 Å². The highest BCUT2D eigenvalue weighted by Crippen LogP contribution is 2.43. The van der Waals surface area contributed by atoms with Gasteiger partial charge in [-0.3, -0.25) is 14.5 Å². The van der Waals surface area contributed by atoms with Gasteiger partial charge < -0.3 is 14.6 Å². The summed E-state index contributed by atoms with van der Waals surface area (Å²) in [5.74, 6) is -2.21. The van der Waals surface area contributed by atoms with Crippen molar-refractivity contribution in [2.75, 3.05) is 18.1 Å². The Balaban J connectivity index is 1.88. The van der Waals surface area contributed by atoms with Crippen molar-refractivity contribution < 1.29 is 29.0 Å². The van der Waals surface area contributed by atoms with Crippen LogP contribution < -0.4 is 9.64 Å². The monoisotopic (exact) mass is 519 g/mol. The molecule has 0 aromatic heterocycles. The summed E-state index contributed by atoms with van der Waals surface area (Å²) in [6, 6.07) is 19.0. The number of hydrogen-bond acceptors (Lipinski definition) is 6. The van der Waals surface area contributed by atoms with Crippen molar-refractivity contribution in [2.24, 2.45) is 0 Å². The van der Waals surface area contributed by atoms with Crippen LogP contribution >= 0.6 is 11.6 Å². The Kier molecular flexibility index (Phi) is 7.94. The Morgan fingerprint density at radius 3 is 2.46 bits per heavy atom. The lowest BCUT2D eigenvalue weighted by Gasteiger charge is -2.26. The lowest BCUT2D eigenvalue weighted by Crippen LogP contribution is -2.29. The SMILES string of the molecule is CCCOC(=O)c1cccc(N2C(=O)C(=O)/C(=C(/O)c3cc(OCC)ccc3Cl)C2c2ccccc2)c1. The minimum atomic E-state index is -0.963. The van der Waals surface area contributed by atoms with Crippen LogP contribution in [-0.4, -0.2) is 36.0 Å². The number of benzene rings is 3. The highest BCUT2D eigenvalue weighted by atomic mass is 35.5. The normalized spacial score (nSPS) is 16.6. The molecule has 0 radical (unpaired) electrons. The number of aliphatic hydroxyl groups excluding tert-OH is 1. The lowest BCUT2D eigenvalue weighted by atomic mass is 9.95. The van der Waals surface area contributed by atoms with E-state index in [0.717, 1.165) is 0 Å². The Hall–Kier alpha value is -4.10. The van der Waals surface area contributed by atoms with Crippen LogP contribution in [0.3, 0.4) is 0 Å². The average Bonchev–Trinajstić information content (AvgIpc) is 3.18. The van der Waals surface area contributed by atoms with Crippen LogP contribution in [0.25, 0.3) is 5.76 Å². The van der Waals surface area contributed by atoms with Crippen LogP contribution in [0.4, 0.5) is 5.69 Å². The number of rotatable bonds is 8. The van der Waals surface area contributed by atoms with E-state index in [1.807, 2.05) is 19.9 Å². The molecule has 1 aliphatic heterocycles. The fourth-order valence-corrected chi connectivity index (χ4v) is 4.40. The summed E-state index contributed by atoms with van der Waals surface area (Å²) >= 11 is 6.39. The molecule has 1 atom stereocenters. The predicted molar refractivity (Wildman–Crippen MR) is 141 cm³/mol. The zero-order valence-corrected chi connectivity index (χ0v) is 21.2. The Morgan fingerprint density at radius 1 is 1.00 bits per heavy atom. The van der Waals surface area contributed by atoms with Gasteiger partial charge in [0.2, 0.25) is 0 Å². The maximum absolute atomic E-state index is 13.4. The van der Waals surface area contributed by atoms with Crippen LogP contribution in [0, 0.1) is 0 Å². The molecule has 7 nitrogen and oxygen atoms in total. The maximum atomic E-state index is 13.4. The van der Waals surface area contributed by atoms with E-state index in [0.29, 0.717) is 30.0 Å². The smallest absolute Gasteiger partial charge is 0.338 e. The van der Waals surface area contributed by atoms with Crippen molar-refractivity contribution in [1.29, 1.82) is 0 Å². The largest absolute Gasteiger partial charge is 0.507 e. The number of aliphatic hydroxyl groups is 1. The topological polar surface area (TPSA) is 93.1 Å². The zero-order valence-electron chi connectivity index (χ0n) is 20.4. The molecule has 4 rings (SSSR count). The van der Waals surface area contributed by atoms with Crippen LogP contribution in [0.1, 0.15) is 47.8 Å². The number of ether oxygens (including phenoxy) is 2. The summed E-state index contributed by atoms with van der Waals surface area (Å²) in [6.45, 7) is 4.37. The lowest BCUT2D eigenvalue weighted by molar-refractivity contribution is -0.132. The molecule has 3 aromatic carbocycles. The molecule has 8 heteroatoms. The van der Waals surface area contributed by atoms with Crippen molar-refractivity contribution in [3.63, 3.8) is 0 Å². The molecular weight excluding hydrogens is 494 g/mol. The molecule has 190 valence electrons. The van der Waals surface area contributed by atoms with Gasteiger partial charge in [-0.15, -0.1) is 0 Å². The third kappa shape index (κ3) is 5.22. The van der Waals surface area contributed by atoms with E-state index >= 15 is 0 Å². The highest BCUT2D eigenvalue weighted by Gasteiger charge is 2.47. The van der Waals surface area contributed by atoms with Gasteiger partial charge in [-0.05, 0) is 55.3 Å². The number of Topliss-reactive ketones (excluding diaryl/α,β-unsaturated/α-hetero) is 1. The molecule has 1 saturated heterocycles. The standard InChI is InChI=1S/C29H26ClNO6/c1-3-15-37-29(35)19-11-8-12-20(16-19)31-25(18-9-6-5-7-10-18)24(27(33)28(31)34)26(32)22-17-21(36-4-2)13-14-23(22)30/h5-14,16-17,25,32H,3-4,15H2,1-2H3/b26-24+. The first-order valence-electron chi connectivity index (χ1n) is 11.9. The molecule has 37 heavy (non-hydrogen) atoms. The summed E-state index contributed by atoms with van der Waals surface area (Å²) in [5.41, 5.74) is 1.20. The second-order valence-corrected chi connectivity index (χ2v) is 8.75. The summed E-state index contributed by atoms with van der Waals surface area (Å²) in [6.07, 6.45) is 0.668. The van der Waals surface area contributed by atoms with Crippen LogP contribution in [-0.2, 0) is 14.3 Å². The van der Waals surface area contributed by atoms with Crippen molar-refractivity contribution in [2.45, 2.75) is 26.3 Å². The van der Waals surface area contributed by atoms with Crippen LogP contribution in [0.5, 0.6) is 5.75 Å². The molecule has 0 saturated carbocycles. The van der Waals surface area contributed by atoms with E-state index in [1.165, 1.54) is 17.0 Å². The van der Waals surface area contributed by atoms with E-state index < -0.39 is 29.5 Å². The van der Waals surface area contributed by atoms with Gasteiger partial charge in [-0.2, -0.15) is 0 Å². The number of carbonyl (C=O) groups excluding carboxylic acids is 3. The first-order valence-corrected chi connectivity index (χ1v) is 12.3. The molecule has 0 spiro atoms. The number of hydrogen-bond donors (Lipinski definition) is 1. The summed E-state index contributed by atoms with van der Waals surface area (Å²) < 4.78 is 10.8. The van der Waals surface area contributed by atoms with E-state index in [1.54, 1.807) is 54.6 Å². The average molecular weight is 520 g/mol. The molecule has 3 aromatic rings. The highest BCUT2D eigenvalue weighted by molar-refractivity contribution is 6.52. The minimum Gasteiger partial charge on any atom is -0.507 e. The number of nitrogens with zero attached hydrogens (tertiary/aromatic N) is 1. The first-order chi connectivity index (χ1) is 17.9.